The number of hydrogen-bond acceptors (Lipinski definition) is 1. The number of rotatable bonds is 0. The van der Waals surface area contributed by atoms with Crippen LogP contribution in [0.4, 0.5) is 0 Å². The van der Waals surface area contributed by atoms with E-state index in [4.69, 9.17) is 4.74 Å². The predicted octanol–water partition coefficient (Wildman–Crippen LogP) is 3.66. The van der Waals surface area contributed by atoms with Crippen LogP contribution in [0.15, 0.2) is 0 Å². The van der Waals surface area contributed by atoms with Crippen LogP contribution in [-0.2, 0) is 6.42 Å². The van der Waals surface area contributed by atoms with Crippen LogP contribution in [0.3, 0.4) is 0 Å². The Bertz CT molecular complexity index is 441. The Morgan fingerprint density at radius 1 is 1.06 bits per heavy atom. The molecule has 1 nitrogen and oxygen atoms in total. The molecule has 1 aliphatic carbocycles. The SMILES string of the molecule is Cc1[c]c(C)c2c(c1C)OC1(CCC1)CC2. The van der Waals surface area contributed by atoms with Crippen molar-refractivity contribution >= 4 is 0 Å². The molecule has 85 valence electrons. The van der Waals surface area contributed by atoms with E-state index in [1.165, 1.54) is 60.1 Å². The second-order valence-electron chi connectivity index (χ2n) is 5.45. The molecule has 1 aliphatic heterocycles. The fraction of sp³-hybridized carbons (Fsp3) is 0.600. The molecule has 2 aliphatic rings. The number of benzene rings is 1. The van der Waals surface area contributed by atoms with Crippen molar-refractivity contribution in [3.63, 3.8) is 0 Å². The summed E-state index contributed by atoms with van der Waals surface area (Å²) < 4.78 is 6.33. The van der Waals surface area contributed by atoms with Crippen molar-refractivity contribution in [2.24, 2.45) is 0 Å². The summed E-state index contributed by atoms with van der Waals surface area (Å²) >= 11 is 0. The van der Waals surface area contributed by atoms with Crippen molar-refractivity contribution in [1.82, 2.24) is 0 Å². The summed E-state index contributed by atoms with van der Waals surface area (Å²) in [6.07, 6.45) is 6.23. The van der Waals surface area contributed by atoms with E-state index in [0.29, 0.717) is 0 Å². The van der Waals surface area contributed by atoms with Gasteiger partial charge < -0.3 is 4.74 Å². The highest BCUT2D eigenvalue weighted by atomic mass is 16.5. The van der Waals surface area contributed by atoms with E-state index in [1.54, 1.807) is 0 Å². The smallest absolute Gasteiger partial charge is 0.126 e. The Hall–Kier alpha value is -0.980. The third-order valence-corrected chi connectivity index (χ3v) is 4.42. The molecule has 1 aromatic rings. The molecule has 1 radical (unpaired) electrons. The van der Waals surface area contributed by atoms with Gasteiger partial charge >= 0.3 is 0 Å². The molecule has 16 heavy (non-hydrogen) atoms. The van der Waals surface area contributed by atoms with Crippen LogP contribution in [0, 0.1) is 26.8 Å². The molecule has 3 rings (SSSR count). The van der Waals surface area contributed by atoms with E-state index in [2.05, 4.69) is 26.8 Å². The second kappa shape index (κ2) is 3.26. The minimum Gasteiger partial charge on any atom is -0.487 e. The molecule has 0 atom stereocenters. The van der Waals surface area contributed by atoms with Crippen LogP contribution in [0.1, 0.15) is 47.9 Å². The van der Waals surface area contributed by atoms with Crippen molar-refractivity contribution in [3.8, 4) is 5.75 Å². The first-order valence-corrected chi connectivity index (χ1v) is 6.32. The Morgan fingerprint density at radius 2 is 1.81 bits per heavy atom. The molecule has 1 saturated carbocycles. The molecule has 0 unspecified atom stereocenters. The number of aryl methyl sites for hydroxylation is 2. The molecule has 1 fully saturated rings. The van der Waals surface area contributed by atoms with Gasteiger partial charge in [-0.15, -0.1) is 0 Å². The second-order valence-corrected chi connectivity index (χ2v) is 5.45. The normalized spacial score (nSPS) is 21.2. The highest BCUT2D eigenvalue weighted by Crippen LogP contribution is 2.47. The highest BCUT2D eigenvalue weighted by Gasteiger charge is 2.42. The lowest BCUT2D eigenvalue weighted by Gasteiger charge is -2.46. The van der Waals surface area contributed by atoms with E-state index in [0.717, 1.165) is 0 Å². The Labute approximate surface area is 97.8 Å². The fourth-order valence-corrected chi connectivity index (χ4v) is 3.00. The highest BCUT2D eigenvalue weighted by molar-refractivity contribution is 5.50. The van der Waals surface area contributed by atoms with Gasteiger partial charge in [0.05, 0.1) is 0 Å². The van der Waals surface area contributed by atoms with Crippen molar-refractivity contribution in [3.05, 3.63) is 28.3 Å². The van der Waals surface area contributed by atoms with Gasteiger partial charge in [0.1, 0.15) is 11.4 Å². The first-order chi connectivity index (χ1) is 7.61. The molecule has 1 spiro atoms. The van der Waals surface area contributed by atoms with Crippen molar-refractivity contribution in [2.45, 2.75) is 58.5 Å². The molecule has 1 aromatic carbocycles. The van der Waals surface area contributed by atoms with Gasteiger partial charge in [0, 0.05) is 0 Å². The average molecular weight is 215 g/mol. The minimum atomic E-state index is 0.206. The lowest BCUT2D eigenvalue weighted by Crippen LogP contribution is -2.46. The van der Waals surface area contributed by atoms with Crippen LogP contribution in [-0.4, -0.2) is 5.60 Å². The maximum Gasteiger partial charge on any atom is 0.126 e. The quantitative estimate of drug-likeness (QED) is 0.641. The molecular weight excluding hydrogens is 196 g/mol. The largest absolute Gasteiger partial charge is 0.487 e. The summed E-state index contributed by atoms with van der Waals surface area (Å²) in [5.41, 5.74) is 5.44. The van der Waals surface area contributed by atoms with Gasteiger partial charge in [0.2, 0.25) is 0 Å². The summed E-state index contributed by atoms with van der Waals surface area (Å²) in [6.45, 7) is 6.46. The summed E-state index contributed by atoms with van der Waals surface area (Å²) in [5.74, 6) is 1.18. The monoisotopic (exact) mass is 215 g/mol. The summed E-state index contributed by atoms with van der Waals surface area (Å²) in [5, 5.41) is 0. The topological polar surface area (TPSA) is 9.23 Å². The molecule has 0 N–H and O–H groups in total. The van der Waals surface area contributed by atoms with Crippen LogP contribution in [0.5, 0.6) is 5.75 Å². The van der Waals surface area contributed by atoms with Gasteiger partial charge in [-0.3, -0.25) is 0 Å². The number of fused-ring (bicyclic) bond motifs is 1. The molecular formula is C15H19O. The third-order valence-electron chi connectivity index (χ3n) is 4.42. The first kappa shape index (κ1) is 10.2. The summed E-state index contributed by atoms with van der Waals surface area (Å²) in [7, 11) is 0. The minimum absolute atomic E-state index is 0.206. The Morgan fingerprint density at radius 3 is 2.44 bits per heavy atom. The van der Waals surface area contributed by atoms with Gasteiger partial charge in [0.25, 0.3) is 0 Å². The van der Waals surface area contributed by atoms with Crippen LogP contribution in [0.25, 0.3) is 0 Å². The van der Waals surface area contributed by atoms with Gasteiger partial charge in [-0.05, 0) is 81.2 Å². The molecule has 0 saturated heterocycles. The van der Waals surface area contributed by atoms with Gasteiger partial charge in [-0.2, -0.15) is 0 Å². The zero-order valence-corrected chi connectivity index (χ0v) is 10.4. The van der Waals surface area contributed by atoms with E-state index in [9.17, 15) is 0 Å². The van der Waals surface area contributed by atoms with Gasteiger partial charge in [0.15, 0.2) is 0 Å². The number of ether oxygens (including phenoxy) is 1. The van der Waals surface area contributed by atoms with Crippen LogP contribution >= 0.6 is 0 Å². The van der Waals surface area contributed by atoms with Gasteiger partial charge in [-0.25, -0.2) is 0 Å². The molecule has 0 bridgehead atoms. The van der Waals surface area contributed by atoms with Crippen molar-refractivity contribution in [2.75, 3.05) is 0 Å². The Balaban J connectivity index is 2.08. The van der Waals surface area contributed by atoms with Crippen LogP contribution < -0.4 is 4.74 Å². The molecule has 1 heterocycles. The summed E-state index contributed by atoms with van der Waals surface area (Å²) in [6, 6.07) is 3.45. The lowest BCUT2D eigenvalue weighted by molar-refractivity contribution is -0.0257. The van der Waals surface area contributed by atoms with E-state index >= 15 is 0 Å². The standard InChI is InChI=1S/C15H19O/c1-10-9-11(2)13-5-8-15(6-4-7-15)16-14(13)12(10)3/h4-8H2,1-3H3. The zero-order chi connectivity index (χ0) is 11.3. The fourth-order valence-electron chi connectivity index (χ4n) is 3.00. The molecule has 0 aromatic heterocycles. The maximum absolute atomic E-state index is 6.33. The zero-order valence-electron chi connectivity index (χ0n) is 10.4. The lowest BCUT2D eigenvalue weighted by atomic mass is 9.74. The summed E-state index contributed by atoms with van der Waals surface area (Å²) in [4.78, 5) is 0. The van der Waals surface area contributed by atoms with Gasteiger partial charge in [-0.1, -0.05) is 0 Å². The maximum atomic E-state index is 6.33. The molecule has 1 heteroatoms. The predicted molar refractivity (Wildman–Crippen MR) is 65.0 cm³/mol. The van der Waals surface area contributed by atoms with Crippen molar-refractivity contribution < 1.29 is 4.74 Å². The van der Waals surface area contributed by atoms with E-state index < -0.39 is 0 Å². The Kier molecular flexibility index (Phi) is 2.07. The van der Waals surface area contributed by atoms with E-state index in [-0.39, 0.29) is 5.60 Å². The average Bonchev–Trinajstić information content (AvgIpc) is 2.23. The molecule has 0 amide bonds. The number of hydrogen-bond donors (Lipinski definition) is 0. The van der Waals surface area contributed by atoms with Crippen molar-refractivity contribution in [1.29, 1.82) is 0 Å². The third kappa shape index (κ3) is 1.30. The first-order valence-electron chi connectivity index (χ1n) is 6.32. The van der Waals surface area contributed by atoms with E-state index in [1.807, 2.05) is 0 Å². The van der Waals surface area contributed by atoms with Crippen LogP contribution in [0.2, 0.25) is 0 Å².